The lowest BCUT2D eigenvalue weighted by Crippen LogP contribution is -2.12. The van der Waals surface area contributed by atoms with Crippen LogP contribution in [0.3, 0.4) is 0 Å². The van der Waals surface area contributed by atoms with Gasteiger partial charge >= 0.3 is 0 Å². The molecule has 1 aromatic rings. The van der Waals surface area contributed by atoms with Gasteiger partial charge in [0.05, 0.1) is 11.4 Å². The van der Waals surface area contributed by atoms with Crippen molar-refractivity contribution in [2.45, 2.75) is 24.8 Å². The third-order valence-electron chi connectivity index (χ3n) is 2.28. The van der Waals surface area contributed by atoms with Crippen molar-refractivity contribution in [2.24, 2.45) is 0 Å². The number of hydrogen-bond donors (Lipinski definition) is 2. The molecule has 0 fully saturated rings. The van der Waals surface area contributed by atoms with Gasteiger partial charge in [0, 0.05) is 25.2 Å². The summed E-state index contributed by atoms with van der Waals surface area (Å²) < 4.78 is 0. The summed E-state index contributed by atoms with van der Waals surface area (Å²) in [6.45, 7) is 2.60. The predicted molar refractivity (Wildman–Crippen MR) is 57.1 cm³/mol. The Kier molecular flexibility index (Phi) is 3.00. The van der Waals surface area contributed by atoms with E-state index in [0.717, 1.165) is 36.2 Å². The van der Waals surface area contributed by atoms with Crippen LogP contribution in [0.1, 0.15) is 17.0 Å². The molecule has 0 amide bonds. The molecule has 1 aliphatic rings. The van der Waals surface area contributed by atoms with E-state index in [1.807, 2.05) is 13.3 Å². The first-order valence-electron chi connectivity index (χ1n) is 4.63. The highest BCUT2D eigenvalue weighted by Crippen LogP contribution is 2.20. The fraction of sp³-hybridized carbons (Fsp3) is 0.556. The van der Waals surface area contributed by atoms with Gasteiger partial charge in [0.15, 0.2) is 5.16 Å². The Morgan fingerprint density at radius 3 is 3.00 bits per heavy atom. The lowest BCUT2D eigenvalue weighted by Gasteiger charge is -2.07. The molecule has 2 N–H and O–H groups in total. The zero-order valence-electron chi connectivity index (χ0n) is 8.42. The summed E-state index contributed by atoms with van der Waals surface area (Å²) >= 11 is 1.60. The standard InChI is InChI=1S/C9H14N4S/c1-10-4-7-6-3-11-5-8(6)13-9(12-7)14-2/h10-11H,3-5H2,1-2H3. The Labute approximate surface area is 87.9 Å². The number of rotatable bonds is 3. The van der Waals surface area contributed by atoms with Gasteiger partial charge in [-0.05, 0) is 13.3 Å². The van der Waals surface area contributed by atoms with Crippen molar-refractivity contribution < 1.29 is 0 Å². The van der Waals surface area contributed by atoms with Crippen LogP contribution in [-0.4, -0.2) is 23.3 Å². The smallest absolute Gasteiger partial charge is 0.187 e. The predicted octanol–water partition coefficient (Wildman–Crippen LogP) is 0.521. The summed E-state index contributed by atoms with van der Waals surface area (Å²) in [4.78, 5) is 8.98. The molecular formula is C9H14N4S. The fourth-order valence-electron chi connectivity index (χ4n) is 1.62. The maximum absolute atomic E-state index is 4.50. The number of nitrogens with one attached hydrogen (secondary N) is 2. The van der Waals surface area contributed by atoms with Crippen LogP contribution in [-0.2, 0) is 19.6 Å². The molecule has 0 saturated carbocycles. The van der Waals surface area contributed by atoms with Crippen molar-refractivity contribution in [3.8, 4) is 0 Å². The van der Waals surface area contributed by atoms with Gasteiger partial charge in [-0.15, -0.1) is 0 Å². The summed E-state index contributed by atoms with van der Waals surface area (Å²) in [6, 6.07) is 0. The second kappa shape index (κ2) is 4.25. The third-order valence-corrected chi connectivity index (χ3v) is 2.83. The molecule has 2 heterocycles. The summed E-state index contributed by atoms with van der Waals surface area (Å²) in [5.41, 5.74) is 3.57. The highest BCUT2D eigenvalue weighted by molar-refractivity contribution is 7.98. The number of thioether (sulfide) groups is 1. The highest BCUT2D eigenvalue weighted by atomic mass is 32.2. The zero-order valence-corrected chi connectivity index (χ0v) is 9.24. The van der Waals surface area contributed by atoms with Gasteiger partial charge in [-0.3, -0.25) is 0 Å². The van der Waals surface area contributed by atoms with Crippen molar-refractivity contribution in [3.05, 3.63) is 17.0 Å². The zero-order chi connectivity index (χ0) is 9.97. The minimum absolute atomic E-state index is 0.820. The molecule has 76 valence electrons. The molecule has 5 heteroatoms. The normalized spacial score (nSPS) is 14.4. The van der Waals surface area contributed by atoms with Crippen LogP contribution in [0.25, 0.3) is 0 Å². The first-order valence-corrected chi connectivity index (χ1v) is 5.85. The van der Waals surface area contributed by atoms with Gasteiger partial charge in [0.1, 0.15) is 0 Å². The molecule has 0 radical (unpaired) electrons. The van der Waals surface area contributed by atoms with E-state index in [1.165, 1.54) is 5.56 Å². The van der Waals surface area contributed by atoms with Crippen molar-refractivity contribution in [1.29, 1.82) is 0 Å². The molecule has 14 heavy (non-hydrogen) atoms. The second-order valence-corrected chi connectivity index (χ2v) is 3.99. The molecule has 0 aromatic carbocycles. The molecule has 0 bridgehead atoms. The number of fused-ring (bicyclic) bond motifs is 1. The van der Waals surface area contributed by atoms with Crippen LogP contribution in [0.4, 0.5) is 0 Å². The van der Waals surface area contributed by atoms with Crippen LogP contribution in [0, 0.1) is 0 Å². The van der Waals surface area contributed by atoms with Crippen LogP contribution in [0.15, 0.2) is 5.16 Å². The van der Waals surface area contributed by atoms with Gasteiger partial charge in [-0.25, -0.2) is 9.97 Å². The minimum atomic E-state index is 0.820. The Morgan fingerprint density at radius 1 is 1.43 bits per heavy atom. The summed E-state index contributed by atoms with van der Waals surface area (Å²) in [5.74, 6) is 0. The molecule has 1 aromatic heterocycles. The largest absolute Gasteiger partial charge is 0.314 e. The van der Waals surface area contributed by atoms with Gasteiger partial charge in [-0.1, -0.05) is 11.8 Å². The average molecular weight is 210 g/mol. The van der Waals surface area contributed by atoms with Crippen molar-refractivity contribution in [1.82, 2.24) is 20.6 Å². The first-order chi connectivity index (χ1) is 6.85. The average Bonchev–Trinajstić information content (AvgIpc) is 2.66. The lowest BCUT2D eigenvalue weighted by molar-refractivity contribution is 0.739. The lowest BCUT2D eigenvalue weighted by atomic mass is 10.2. The molecule has 2 rings (SSSR count). The second-order valence-electron chi connectivity index (χ2n) is 3.22. The summed E-state index contributed by atoms with van der Waals surface area (Å²) in [7, 11) is 1.94. The molecule has 0 unspecified atom stereocenters. The van der Waals surface area contributed by atoms with E-state index in [9.17, 15) is 0 Å². The van der Waals surface area contributed by atoms with Crippen LogP contribution >= 0.6 is 11.8 Å². The monoisotopic (exact) mass is 210 g/mol. The molecule has 0 atom stereocenters. The number of aromatic nitrogens is 2. The Morgan fingerprint density at radius 2 is 2.29 bits per heavy atom. The van der Waals surface area contributed by atoms with E-state index in [1.54, 1.807) is 11.8 Å². The first kappa shape index (κ1) is 9.89. The molecule has 0 aliphatic carbocycles. The highest BCUT2D eigenvalue weighted by Gasteiger charge is 2.17. The quantitative estimate of drug-likeness (QED) is 0.563. The van der Waals surface area contributed by atoms with Gasteiger partial charge in [-0.2, -0.15) is 0 Å². The van der Waals surface area contributed by atoms with E-state index in [2.05, 4.69) is 20.6 Å². The van der Waals surface area contributed by atoms with Crippen molar-refractivity contribution in [2.75, 3.05) is 13.3 Å². The van der Waals surface area contributed by atoms with Gasteiger partial charge in [0.2, 0.25) is 0 Å². The molecular weight excluding hydrogens is 196 g/mol. The molecule has 1 aliphatic heterocycles. The topological polar surface area (TPSA) is 49.8 Å². The Balaban J connectivity index is 2.41. The van der Waals surface area contributed by atoms with E-state index in [4.69, 9.17) is 0 Å². The fourth-order valence-corrected chi connectivity index (χ4v) is 2.02. The van der Waals surface area contributed by atoms with E-state index >= 15 is 0 Å². The molecule has 4 nitrogen and oxygen atoms in total. The summed E-state index contributed by atoms with van der Waals surface area (Å²) in [6.07, 6.45) is 2.01. The van der Waals surface area contributed by atoms with Crippen molar-refractivity contribution in [3.63, 3.8) is 0 Å². The Hall–Kier alpha value is -0.650. The van der Waals surface area contributed by atoms with Crippen LogP contribution in [0.2, 0.25) is 0 Å². The molecule has 0 saturated heterocycles. The van der Waals surface area contributed by atoms with E-state index < -0.39 is 0 Å². The van der Waals surface area contributed by atoms with Crippen LogP contribution < -0.4 is 10.6 Å². The number of hydrogen-bond acceptors (Lipinski definition) is 5. The molecule has 0 spiro atoms. The van der Waals surface area contributed by atoms with E-state index in [-0.39, 0.29) is 0 Å². The maximum atomic E-state index is 4.50. The van der Waals surface area contributed by atoms with E-state index in [0.29, 0.717) is 0 Å². The van der Waals surface area contributed by atoms with Gasteiger partial charge < -0.3 is 10.6 Å². The third kappa shape index (κ3) is 1.75. The van der Waals surface area contributed by atoms with Gasteiger partial charge in [0.25, 0.3) is 0 Å². The van der Waals surface area contributed by atoms with Crippen LogP contribution in [0.5, 0.6) is 0 Å². The van der Waals surface area contributed by atoms with Crippen molar-refractivity contribution >= 4 is 11.8 Å². The summed E-state index contributed by atoms with van der Waals surface area (Å²) in [5, 5.41) is 7.31. The Bertz CT molecular complexity index is 340. The maximum Gasteiger partial charge on any atom is 0.187 e. The number of nitrogens with zero attached hydrogens (tertiary/aromatic N) is 2. The minimum Gasteiger partial charge on any atom is -0.314 e. The SMILES string of the molecule is CNCc1nc(SC)nc2c1CNC2.